The third-order valence-corrected chi connectivity index (χ3v) is 4.05. The molecule has 1 N–H and O–H groups in total. The molecular weight excluding hydrogens is 384 g/mol. The maximum Gasteiger partial charge on any atom is 0.278 e. The topological polar surface area (TPSA) is 54.9 Å². The first-order valence-electron chi connectivity index (χ1n) is 4.43. The molecule has 0 saturated carbocycles. The zero-order valence-corrected chi connectivity index (χ0v) is 13.0. The number of amides is 1. The number of rotatable bonds is 2. The van der Waals surface area contributed by atoms with Crippen molar-refractivity contribution >= 4 is 73.9 Å². The molecule has 9 heteroatoms. The van der Waals surface area contributed by atoms with Gasteiger partial charge in [-0.3, -0.25) is 4.79 Å². The van der Waals surface area contributed by atoms with E-state index in [0.717, 1.165) is 11.5 Å². The Morgan fingerprint density at radius 1 is 1.28 bits per heavy atom. The molecule has 1 aromatic carbocycles. The summed E-state index contributed by atoms with van der Waals surface area (Å²) in [6, 6.07) is 2.97. The van der Waals surface area contributed by atoms with Gasteiger partial charge in [0, 0.05) is 5.02 Å². The van der Waals surface area contributed by atoms with Crippen molar-refractivity contribution in [2.45, 2.75) is 0 Å². The van der Waals surface area contributed by atoms with Gasteiger partial charge in [-0.2, -0.15) is 0 Å². The lowest BCUT2D eigenvalue weighted by Gasteiger charge is -2.08. The standard InChI is InChI=1S/C9H3BrCl3N3OS/c10-8-7(15-16-18-8)9(17)14-6-4(12)1-3(11)2-5(6)13/h1-2H,(H,14,17). The first-order valence-corrected chi connectivity index (χ1v) is 7.13. The molecule has 2 aromatic rings. The molecule has 0 saturated heterocycles. The summed E-state index contributed by atoms with van der Waals surface area (Å²) in [5.41, 5.74) is 0.453. The third kappa shape index (κ3) is 2.95. The van der Waals surface area contributed by atoms with Gasteiger partial charge in [-0.1, -0.05) is 39.3 Å². The number of carbonyl (C=O) groups excluding carboxylic acids is 1. The molecule has 4 nitrogen and oxygen atoms in total. The number of hydrogen-bond donors (Lipinski definition) is 1. The molecule has 1 aromatic heterocycles. The van der Waals surface area contributed by atoms with Gasteiger partial charge in [0.2, 0.25) is 0 Å². The number of carbonyl (C=O) groups is 1. The number of nitrogens with zero attached hydrogens (tertiary/aromatic N) is 2. The third-order valence-electron chi connectivity index (χ3n) is 1.91. The maximum atomic E-state index is 11.9. The van der Waals surface area contributed by atoms with E-state index in [0.29, 0.717) is 8.81 Å². The van der Waals surface area contributed by atoms with Crippen LogP contribution in [-0.4, -0.2) is 15.5 Å². The molecule has 0 radical (unpaired) electrons. The van der Waals surface area contributed by atoms with E-state index in [1.807, 2.05) is 0 Å². The summed E-state index contributed by atoms with van der Waals surface area (Å²) in [6.45, 7) is 0. The second kappa shape index (κ2) is 5.71. The van der Waals surface area contributed by atoms with Crippen LogP contribution < -0.4 is 5.32 Å². The van der Waals surface area contributed by atoms with E-state index >= 15 is 0 Å². The first-order chi connectivity index (χ1) is 8.49. The lowest BCUT2D eigenvalue weighted by Crippen LogP contribution is -2.13. The van der Waals surface area contributed by atoms with Gasteiger partial charge < -0.3 is 5.32 Å². The van der Waals surface area contributed by atoms with Crippen LogP contribution in [0.4, 0.5) is 5.69 Å². The van der Waals surface area contributed by atoms with Gasteiger partial charge in [0.25, 0.3) is 5.91 Å². The lowest BCUT2D eigenvalue weighted by atomic mass is 10.3. The number of hydrogen-bond acceptors (Lipinski definition) is 4. The van der Waals surface area contributed by atoms with Crippen LogP contribution in [0, 0.1) is 0 Å². The second-order valence-electron chi connectivity index (χ2n) is 3.09. The Morgan fingerprint density at radius 2 is 1.89 bits per heavy atom. The summed E-state index contributed by atoms with van der Waals surface area (Å²) in [6.07, 6.45) is 0. The van der Waals surface area contributed by atoms with Crippen LogP contribution in [0.5, 0.6) is 0 Å². The molecule has 0 bridgehead atoms. The van der Waals surface area contributed by atoms with Gasteiger partial charge in [0.15, 0.2) is 5.69 Å². The Kier molecular flexibility index (Phi) is 4.45. The maximum absolute atomic E-state index is 11.9. The van der Waals surface area contributed by atoms with Gasteiger partial charge in [-0.15, -0.1) is 5.10 Å². The van der Waals surface area contributed by atoms with Crippen molar-refractivity contribution in [2.75, 3.05) is 5.32 Å². The Labute approximate surface area is 130 Å². The summed E-state index contributed by atoms with van der Waals surface area (Å²) in [5.74, 6) is -0.457. The molecule has 2 rings (SSSR count). The van der Waals surface area contributed by atoms with Crippen molar-refractivity contribution in [3.05, 3.63) is 36.7 Å². The molecule has 1 heterocycles. The molecule has 0 fully saturated rings. The normalized spacial score (nSPS) is 10.4. The number of benzene rings is 1. The van der Waals surface area contributed by atoms with Crippen LogP contribution in [0.2, 0.25) is 15.1 Å². The van der Waals surface area contributed by atoms with Crippen LogP contribution in [0.25, 0.3) is 0 Å². The van der Waals surface area contributed by atoms with Crippen molar-refractivity contribution < 1.29 is 4.79 Å². The molecular formula is C9H3BrCl3N3OS. The molecule has 94 valence electrons. The second-order valence-corrected chi connectivity index (χ2v) is 6.42. The fourth-order valence-corrected chi connectivity index (χ4v) is 2.93. The predicted octanol–water partition coefficient (Wildman–Crippen LogP) is 4.51. The molecule has 0 aliphatic carbocycles. The summed E-state index contributed by atoms with van der Waals surface area (Å²) >= 11 is 21.9. The summed E-state index contributed by atoms with van der Waals surface area (Å²) in [5, 5.41) is 7.14. The van der Waals surface area contributed by atoms with E-state index in [-0.39, 0.29) is 21.4 Å². The van der Waals surface area contributed by atoms with E-state index in [4.69, 9.17) is 34.8 Å². The summed E-state index contributed by atoms with van der Waals surface area (Å²) in [4.78, 5) is 11.9. The SMILES string of the molecule is O=C(Nc1c(Cl)cc(Cl)cc1Cl)c1nnsc1Br. The van der Waals surface area contributed by atoms with Crippen LogP contribution in [0.15, 0.2) is 15.9 Å². The number of halogens is 4. The highest BCUT2D eigenvalue weighted by Gasteiger charge is 2.17. The van der Waals surface area contributed by atoms with Gasteiger partial charge >= 0.3 is 0 Å². The lowest BCUT2D eigenvalue weighted by molar-refractivity contribution is 0.102. The van der Waals surface area contributed by atoms with Gasteiger partial charge in [-0.25, -0.2) is 0 Å². The Bertz CT molecular complexity index is 596. The van der Waals surface area contributed by atoms with E-state index in [1.165, 1.54) is 12.1 Å². The zero-order valence-electron chi connectivity index (χ0n) is 8.38. The highest BCUT2D eigenvalue weighted by atomic mass is 79.9. The fourth-order valence-electron chi connectivity index (χ4n) is 1.15. The van der Waals surface area contributed by atoms with Crippen molar-refractivity contribution in [3.63, 3.8) is 0 Å². The Morgan fingerprint density at radius 3 is 2.39 bits per heavy atom. The van der Waals surface area contributed by atoms with Crippen molar-refractivity contribution in [2.24, 2.45) is 0 Å². The van der Waals surface area contributed by atoms with Crippen LogP contribution in [0.3, 0.4) is 0 Å². The minimum Gasteiger partial charge on any atom is -0.318 e. The van der Waals surface area contributed by atoms with E-state index in [2.05, 4.69) is 30.8 Å². The van der Waals surface area contributed by atoms with Crippen molar-refractivity contribution in [1.82, 2.24) is 9.59 Å². The molecule has 0 aliphatic rings. The van der Waals surface area contributed by atoms with Crippen molar-refractivity contribution in [1.29, 1.82) is 0 Å². The van der Waals surface area contributed by atoms with Gasteiger partial charge in [0.1, 0.15) is 3.79 Å². The Hall–Kier alpha value is -0.400. The minimum atomic E-state index is -0.457. The molecule has 1 amide bonds. The Balaban J connectivity index is 2.31. The zero-order chi connectivity index (χ0) is 13.3. The number of anilines is 1. The first kappa shape index (κ1) is 14.0. The monoisotopic (exact) mass is 385 g/mol. The average Bonchev–Trinajstić information content (AvgIpc) is 2.69. The summed E-state index contributed by atoms with van der Waals surface area (Å²) in [7, 11) is 0. The highest BCUT2D eigenvalue weighted by molar-refractivity contribution is 9.11. The number of aromatic nitrogens is 2. The van der Waals surface area contributed by atoms with E-state index in [9.17, 15) is 4.79 Å². The quantitative estimate of drug-likeness (QED) is 0.825. The smallest absolute Gasteiger partial charge is 0.278 e. The number of nitrogens with one attached hydrogen (secondary N) is 1. The van der Waals surface area contributed by atoms with Crippen molar-refractivity contribution in [3.8, 4) is 0 Å². The van der Waals surface area contributed by atoms with Crippen LogP contribution >= 0.6 is 62.3 Å². The molecule has 0 spiro atoms. The summed E-state index contributed by atoms with van der Waals surface area (Å²) < 4.78 is 4.17. The van der Waals surface area contributed by atoms with Crippen LogP contribution in [0.1, 0.15) is 10.5 Å². The average molecular weight is 387 g/mol. The largest absolute Gasteiger partial charge is 0.318 e. The van der Waals surface area contributed by atoms with Crippen LogP contribution in [-0.2, 0) is 0 Å². The molecule has 0 aliphatic heterocycles. The van der Waals surface area contributed by atoms with Gasteiger partial charge in [-0.05, 0) is 39.6 Å². The minimum absolute atomic E-state index is 0.169. The van der Waals surface area contributed by atoms with E-state index < -0.39 is 5.91 Å². The predicted molar refractivity (Wildman–Crippen MR) is 77.0 cm³/mol. The van der Waals surface area contributed by atoms with Gasteiger partial charge in [0.05, 0.1) is 15.7 Å². The molecule has 0 unspecified atom stereocenters. The van der Waals surface area contributed by atoms with E-state index in [1.54, 1.807) is 0 Å². The highest BCUT2D eigenvalue weighted by Crippen LogP contribution is 2.34. The fraction of sp³-hybridized carbons (Fsp3) is 0. The molecule has 18 heavy (non-hydrogen) atoms. The molecule has 0 atom stereocenters.